The number of hydrogen-bond acceptors (Lipinski definition) is 8. The molecular weight excluding hydrogens is 446 g/mol. The fraction of sp³-hybridized carbons (Fsp3) is 0.130. The maximum Gasteiger partial charge on any atom is 0.270 e. The standard InChI is InChI=1S/C23H19N3O6S/c1-30-18-9-10-19(31-2)22-21(18)24-23(33-22)25(14-17-7-4-12-32-17)20(27)11-8-15-5-3-6-16(13-15)26(28)29/h3-13H,14H2,1-2H3/b11-8+. The molecule has 0 saturated heterocycles. The number of thiazole rings is 1. The van der Waals surface area contributed by atoms with Crippen LogP contribution in [0, 0.1) is 10.1 Å². The Morgan fingerprint density at radius 1 is 1.18 bits per heavy atom. The first kappa shape index (κ1) is 22.0. The maximum absolute atomic E-state index is 13.2. The summed E-state index contributed by atoms with van der Waals surface area (Å²) in [7, 11) is 3.11. The van der Waals surface area contributed by atoms with E-state index in [0.717, 1.165) is 4.70 Å². The lowest BCUT2D eigenvalue weighted by molar-refractivity contribution is -0.384. The summed E-state index contributed by atoms with van der Waals surface area (Å²) in [5.74, 6) is 1.39. The molecule has 2 aromatic carbocycles. The summed E-state index contributed by atoms with van der Waals surface area (Å²) in [6.07, 6.45) is 4.41. The quantitative estimate of drug-likeness (QED) is 0.203. The maximum atomic E-state index is 13.2. The van der Waals surface area contributed by atoms with Crippen molar-refractivity contribution in [1.29, 1.82) is 0 Å². The van der Waals surface area contributed by atoms with E-state index in [9.17, 15) is 14.9 Å². The highest BCUT2D eigenvalue weighted by atomic mass is 32.1. The van der Waals surface area contributed by atoms with Crippen LogP contribution in [0.25, 0.3) is 16.3 Å². The molecule has 2 aromatic heterocycles. The fourth-order valence-corrected chi connectivity index (χ4v) is 4.27. The molecule has 2 heterocycles. The van der Waals surface area contributed by atoms with Crippen LogP contribution >= 0.6 is 11.3 Å². The largest absolute Gasteiger partial charge is 0.495 e. The Labute approximate surface area is 192 Å². The summed E-state index contributed by atoms with van der Waals surface area (Å²) in [6.45, 7) is 0.148. The molecule has 168 valence electrons. The average Bonchev–Trinajstić information content (AvgIpc) is 3.50. The third-order valence-electron chi connectivity index (χ3n) is 4.79. The molecule has 0 spiro atoms. The number of non-ortho nitro benzene ring substituents is 1. The van der Waals surface area contributed by atoms with Crippen molar-refractivity contribution in [3.63, 3.8) is 0 Å². The number of ether oxygens (including phenoxy) is 2. The zero-order chi connectivity index (χ0) is 23.4. The van der Waals surface area contributed by atoms with Crippen molar-refractivity contribution in [3.8, 4) is 11.5 Å². The topological polar surface area (TPSA) is 108 Å². The molecule has 0 N–H and O–H groups in total. The van der Waals surface area contributed by atoms with E-state index in [1.807, 2.05) is 0 Å². The molecule has 0 aliphatic carbocycles. The lowest BCUT2D eigenvalue weighted by Crippen LogP contribution is -2.28. The van der Waals surface area contributed by atoms with Crippen molar-refractivity contribution >= 4 is 44.4 Å². The number of hydrogen-bond donors (Lipinski definition) is 0. The van der Waals surface area contributed by atoms with Crippen molar-refractivity contribution in [1.82, 2.24) is 4.98 Å². The fourth-order valence-electron chi connectivity index (χ4n) is 3.19. The second kappa shape index (κ2) is 9.53. The van der Waals surface area contributed by atoms with Crippen LogP contribution in [0.4, 0.5) is 10.8 Å². The molecule has 9 nitrogen and oxygen atoms in total. The number of benzene rings is 2. The normalized spacial score (nSPS) is 11.1. The minimum Gasteiger partial charge on any atom is -0.495 e. The molecule has 4 aromatic rings. The van der Waals surface area contributed by atoms with Crippen molar-refractivity contribution in [3.05, 3.63) is 82.3 Å². The van der Waals surface area contributed by atoms with Gasteiger partial charge < -0.3 is 13.9 Å². The van der Waals surface area contributed by atoms with Gasteiger partial charge in [0.2, 0.25) is 0 Å². The molecule has 0 atom stereocenters. The summed E-state index contributed by atoms with van der Waals surface area (Å²) in [5.41, 5.74) is 1.06. The molecule has 33 heavy (non-hydrogen) atoms. The van der Waals surface area contributed by atoms with Gasteiger partial charge in [0.05, 0.1) is 32.0 Å². The number of aromatic nitrogens is 1. The van der Waals surface area contributed by atoms with Crippen LogP contribution in [0.5, 0.6) is 11.5 Å². The van der Waals surface area contributed by atoms with Gasteiger partial charge >= 0.3 is 0 Å². The highest BCUT2D eigenvalue weighted by molar-refractivity contribution is 7.22. The Hall–Kier alpha value is -4.18. The SMILES string of the molecule is COc1ccc(OC)c2sc(N(Cc3ccco3)C(=O)/C=C/c3cccc([N+](=O)[O-])c3)nc12. The summed E-state index contributed by atoms with van der Waals surface area (Å²) >= 11 is 1.29. The molecule has 0 saturated carbocycles. The Bertz CT molecular complexity index is 1290. The van der Waals surface area contributed by atoms with Crippen molar-refractivity contribution in [2.75, 3.05) is 19.1 Å². The monoisotopic (exact) mass is 465 g/mol. The Morgan fingerprint density at radius 2 is 1.97 bits per heavy atom. The highest BCUT2D eigenvalue weighted by Gasteiger charge is 2.22. The van der Waals surface area contributed by atoms with Crippen LogP contribution in [-0.4, -0.2) is 30.0 Å². The third kappa shape index (κ3) is 4.70. The average molecular weight is 465 g/mol. The predicted octanol–water partition coefficient (Wildman–Crippen LogP) is 5.06. The van der Waals surface area contributed by atoms with Gasteiger partial charge in [-0.2, -0.15) is 0 Å². The summed E-state index contributed by atoms with van der Waals surface area (Å²) < 4.78 is 17.0. The Kier molecular flexibility index (Phi) is 6.36. The van der Waals surface area contributed by atoms with Gasteiger partial charge in [0, 0.05) is 18.2 Å². The number of nitro benzene ring substituents is 1. The van der Waals surface area contributed by atoms with Gasteiger partial charge in [-0.25, -0.2) is 4.98 Å². The van der Waals surface area contributed by atoms with E-state index in [1.54, 1.807) is 50.6 Å². The second-order valence-corrected chi connectivity index (χ2v) is 7.81. The first-order chi connectivity index (χ1) is 16.0. The number of anilines is 1. The first-order valence-corrected chi connectivity index (χ1v) is 10.6. The van der Waals surface area contributed by atoms with Gasteiger partial charge in [0.15, 0.2) is 5.13 Å². The number of nitrogens with zero attached hydrogens (tertiary/aromatic N) is 3. The van der Waals surface area contributed by atoms with Crippen LogP contribution in [0.2, 0.25) is 0 Å². The number of furan rings is 1. The molecule has 0 fully saturated rings. The van der Waals surface area contributed by atoms with Crippen LogP contribution < -0.4 is 14.4 Å². The van der Waals surface area contributed by atoms with E-state index < -0.39 is 4.92 Å². The Balaban J connectivity index is 1.72. The summed E-state index contributed by atoms with van der Waals surface area (Å²) in [4.78, 5) is 29.9. The Morgan fingerprint density at radius 3 is 2.67 bits per heavy atom. The van der Waals surface area contributed by atoms with E-state index in [2.05, 4.69) is 4.98 Å². The first-order valence-electron chi connectivity index (χ1n) is 9.78. The van der Waals surface area contributed by atoms with Crippen LogP contribution in [0.3, 0.4) is 0 Å². The zero-order valence-corrected chi connectivity index (χ0v) is 18.6. The van der Waals surface area contributed by atoms with E-state index >= 15 is 0 Å². The second-order valence-electron chi connectivity index (χ2n) is 6.83. The molecular formula is C23H19N3O6S. The van der Waals surface area contributed by atoms with Crippen molar-refractivity contribution < 1.29 is 23.6 Å². The highest BCUT2D eigenvalue weighted by Crippen LogP contribution is 2.40. The molecule has 0 radical (unpaired) electrons. The number of nitro groups is 1. The van der Waals surface area contributed by atoms with E-state index in [0.29, 0.717) is 33.5 Å². The molecule has 0 aliphatic heterocycles. The molecule has 0 bridgehead atoms. The van der Waals surface area contributed by atoms with Crippen molar-refractivity contribution in [2.24, 2.45) is 0 Å². The van der Waals surface area contributed by atoms with Crippen LogP contribution in [-0.2, 0) is 11.3 Å². The van der Waals surface area contributed by atoms with Gasteiger partial charge in [-0.05, 0) is 35.9 Å². The van der Waals surface area contributed by atoms with Crippen LogP contribution in [0.1, 0.15) is 11.3 Å². The molecule has 1 amide bonds. The third-order valence-corrected chi connectivity index (χ3v) is 5.88. The zero-order valence-electron chi connectivity index (χ0n) is 17.8. The molecule has 0 unspecified atom stereocenters. The van der Waals surface area contributed by atoms with E-state index in [1.165, 1.54) is 46.8 Å². The van der Waals surface area contributed by atoms with Gasteiger partial charge in [-0.3, -0.25) is 19.8 Å². The number of carbonyl (C=O) groups excluding carboxylic acids is 1. The van der Waals surface area contributed by atoms with Crippen molar-refractivity contribution in [2.45, 2.75) is 6.54 Å². The van der Waals surface area contributed by atoms with Gasteiger partial charge in [-0.1, -0.05) is 23.5 Å². The number of fused-ring (bicyclic) bond motifs is 1. The summed E-state index contributed by atoms with van der Waals surface area (Å²) in [6, 6.07) is 13.1. The molecule has 4 rings (SSSR count). The number of methoxy groups -OCH3 is 2. The van der Waals surface area contributed by atoms with Gasteiger partial charge in [-0.15, -0.1) is 0 Å². The van der Waals surface area contributed by atoms with E-state index in [-0.39, 0.29) is 18.1 Å². The lowest BCUT2D eigenvalue weighted by atomic mass is 10.2. The molecule has 0 aliphatic rings. The molecule has 10 heteroatoms. The van der Waals surface area contributed by atoms with Gasteiger partial charge in [0.1, 0.15) is 27.5 Å². The van der Waals surface area contributed by atoms with Gasteiger partial charge in [0.25, 0.3) is 11.6 Å². The van der Waals surface area contributed by atoms with Crippen LogP contribution in [0.15, 0.2) is 65.3 Å². The summed E-state index contributed by atoms with van der Waals surface area (Å²) in [5, 5.41) is 11.4. The number of carbonyl (C=O) groups is 1. The smallest absolute Gasteiger partial charge is 0.270 e. The number of rotatable bonds is 8. The minimum atomic E-state index is -0.482. The minimum absolute atomic E-state index is 0.0533. The lowest BCUT2D eigenvalue weighted by Gasteiger charge is -2.16. The number of amides is 1. The predicted molar refractivity (Wildman–Crippen MR) is 125 cm³/mol. The van der Waals surface area contributed by atoms with E-state index in [4.69, 9.17) is 13.9 Å².